The summed E-state index contributed by atoms with van der Waals surface area (Å²) in [6.45, 7) is 2.92. The van der Waals surface area contributed by atoms with Gasteiger partial charge in [-0.1, -0.05) is 24.3 Å². The molecule has 0 aliphatic heterocycles. The van der Waals surface area contributed by atoms with Crippen molar-refractivity contribution in [2.75, 3.05) is 5.73 Å². The van der Waals surface area contributed by atoms with E-state index >= 15 is 0 Å². The van der Waals surface area contributed by atoms with Crippen LogP contribution in [0.3, 0.4) is 0 Å². The average Bonchev–Trinajstić information content (AvgIpc) is 2.90. The minimum Gasteiger partial charge on any atom is -0.384 e. The number of benzene rings is 1. The Morgan fingerprint density at radius 3 is 2.85 bits per heavy atom. The van der Waals surface area contributed by atoms with Gasteiger partial charge in [-0.05, 0) is 30.2 Å². The molecule has 2 aromatic heterocycles. The van der Waals surface area contributed by atoms with Gasteiger partial charge < -0.3 is 10.3 Å². The molecule has 2 heterocycles. The SMILES string of the molecule is Cc1ccccc1Cn1cncc1-c1ccnc(N)c1. The van der Waals surface area contributed by atoms with E-state index in [1.54, 1.807) is 6.20 Å². The van der Waals surface area contributed by atoms with E-state index in [1.165, 1.54) is 11.1 Å². The van der Waals surface area contributed by atoms with E-state index in [9.17, 15) is 0 Å². The van der Waals surface area contributed by atoms with Crippen LogP contribution in [0.4, 0.5) is 5.82 Å². The molecule has 0 fully saturated rings. The second-order valence-electron chi connectivity index (χ2n) is 4.80. The van der Waals surface area contributed by atoms with E-state index in [-0.39, 0.29) is 0 Å². The number of aryl methyl sites for hydroxylation is 1. The van der Waals surface area contributed by atoms with Crippen molar-refractivity contribution >= 4 is 5.82 Å². The lowest BCUT2D eigenvalue weighted by atomic mass is 10.1. The molecule has 3 rings (SSSR count). The first-order chi connectivity index (χ1) is 9.74. The Kier molecular flexibility index (Phi) is 3.21. The predicted octanol–water partition coefficient (Wildman–Crippen LogP) is 2.88. The molecule has 3 aromatic rings. The monoisotopic (exact) mass is 264 g/mol. The van der Waals surface area contributed by atoms with Crippen LogP contribution >= 0.6 is 0 Å². The first kappa shape index (κ1) is 12.4. The normalized spacial score (nSPS) is 10.7. The molecule has 0 amide bonds. The highest BCUT2D eigenvalue weighted by molar-refractivity contribution is 5.61. The Bertz CT molecular complexity index is 731. The fourth-order valence-electron chi connectivity index (χ4n) is 2.27. The molecule has 4 nitrogen and oxygen atoms in total. The molecule has 100 valence electrons. The Labute approximate surface area is 117 Å². The summed E-state index contributed by atoms with van der Waals surface area (Å²) in [6.07, 6.45) is 5.42. The van der Waals surface area contributed by atoms with Crippen molar-refractivity contribution in [2.45, 2.75) is 13.5 Å². The Balaban J connectivity index is 1.97. The Morgan fingerprint density at radius 2 is 2.05 bits per heavy atom. The molecule has 0 saturated carbocycles. The number of nitrogens with zero attached hydrogens (tertiary/aromatic N) is 3. The standard InChI is InChI=1S/C16H16N4/c1-12-4-2-3-5-14(12)10-20-11-18-9-15(20)13-6-7-19-16(17)8-13/h2-9,11H,10H2,1H3,(H2,17,19). The molecule has 0 saturated heterocycles. The molecular formula is C16H16N4. The summed E-state index contributed by atoms with van der Waals surface area (Å²) in [6, 6.07) is 12.2. The summed E-state index contributed by atoms with van der Waals surface area (Å²) in [5.74, 6) is 0.520. The number of hydrogen-bond acceptors (Lipinski definition) is 3. The van der Waals surface area contributed by atoms with Gasteiger partial charge in [0, 0.05) is 18.3 Å². The van der Waals surface area contributed by atoms with Crippen LogP contribution < -0.4 is 5.73 Å². The van der Waals surface area contributed by atoms with Crippen LogP contribution in [0, 0.1) is 6.92 Å². The molecule has 0 bridgehead atoms. The van der Waals surface area contributed by atoms with Gasteiger partial charge in [-0.2, -0.15) is 0 Å². The van der Waals surface area contributed by atoms with Crippen LogP contribution in [0.2, 0.25) is 0 Å². The van der Waals surface area contributed by atoms with Gasteiger partial charge >= 0.3 is 0 Å². The van der Waals surface area contributed by atoms with Crippen LogP contribution in [-0.2, 0) is 6.54 Å². The van der Waals surface area contributed by atoms with Crippen molar-refractivity contribution in [1.29, 1.82) is 0 Å². The lowest BCUT2D eigenvalue weighted by molar-refractivity contribution is 0.799. The summed E-state index contributed by atoms with van der Waals surface area (Å²) < 4.78 is 2.12. The lowest BCUT2D eigenvalue weighted by Gasteiger charge is -2.10. The maximum atomic E-state index is 5.75. The molecule has 1 aromatic carbocycles. The summed E-state index contributed by atoms with van der Waals surface area (Å²) in [4.78, 5) is 8.28. The second kappa shape index (κ2) is 5.17. The van der Waals surface area contributed by atoms with E-state index < -0.39 is 0 Å². The number of pyridine rings is 1. The van der Waals surface area contributed by atoms with Gasteiger partial charge in [-0.25, -0.2) is 9.97 Å². The third-order valence-electron chi connectivity index (χ3n) is 3.39. The topological polar surface area (TPSA) is 56.7 Å². The Morgan fingerprint density at radius 1 is 1.20 bits per heavy atom. The van der Waals surface area contributed by atoms with Gasteiger partial charge in [0.2, 0.25) is 0 Å². The number of nitrogen functional groups attached to an aromatic ring is 1. The maximum Gasteiger partial charge on any atom is 0.123 e. The van der Waals surface area contributed by atoms with Crippen molar-refractivity contribution < 1.29 is 0 Å². The van der Waals surface area contributed by atoms with Crippen LogP contribution in [0.1, 0.15) is 11.1 Å². The fraction of sp³-hybridized carbons (Fsp3) is 0.125. The van der Waals surface area contributed by atoms with Crippen LogP contribution in [-0.4, -0.2) is 14.5 Å². The van der Waals surface area contributed by atoms with Crippen molar-refractivity contribution in [3.05, 3.63) is 66.2 Å². The average molecular weight is 264 g/mol. The molecule has 0 spiro atoms. The number of hydrogen-bond donors (Lipinski definition) is 1. The van der Waals surface area contributed by atoms with E-state index in [4.69, 9.17) is 5.73 Å². The van der Waals surface area contributed by atoms with Gasteiger partial charge in [-0.3, -0.25) is 0 Å². The molecule has 0 aliphatic carbocycles. The zero-order chi connectivity index (χ0) is 13.9. The van der Waals surface area contributed by atoms with E-state index in [1.807, 2.05) is 24.7 Å². The zero-order valence-corrected chi connectivity index (χ0v) is 11.3. The van der Waals surface area contributed by atoms with Crippen molar-refractivity contribution in [3.63, 3.8) is 0 Å². The number of imidazole rings is 1. The second-order valence-corrected chi connectivity index (χ2v) is 4.80. The van der Waals surface area contributed by atoms with E-state index in [0.717, 1.165) is 17.8 Å². The summed E-state index contributed by atoms with van der Waals surface area (Å²) >= 11 is 0. The smallest absolute Gasteiger partial charge is 0.123 e. The van der Waals surface area contributed by atoms with Crippen LogP contribution in [0.25, 0.3) is 11.3 Å². The Hall–Kier alpha value is -2.62. The molecule has 2 N–H and O–H groups in total. The molecular weight excluding hydrogens is 248 g/mol. The predicted molar refractivity (Wildman–Crippen MR) is 80.2 cm³/mol. The highest BCUT2D eigenvalue weighted by atomic mass is 15.0. The van der Waals surface area contributed by atoms with Crippen LogP contribution in [0.5, 0.6) is 0 Å². The number of rotatable bonds is 3. The first-order valence-corrected chi connectivity index (χ1v) is 6.50. The van der Waals surface area contributed by atoms with Crippen LogP contribution in [0.15, 0.2) is 55.1 Å². The minimum absolute atomic E-state index is 0.520. The van der Waals surface area contributed by atoms with Gasteiger partial charge in [0.25, 0.3) is 0 Å². The summed E-state index contributed by atoms with van der Waals surface area (Å²) in [5, 5.41) is 0. The van der Waals surface area contributed by atoms with Gasteiger partial charge in [0.1, 0.15) is 5.82 Å². The third kappa shape index (κ3) is 2.40. The molecule has 0 atom stereocenters. The first-order valence-electron chi connectivity index (χ1n) is 6.50. The largest absolute Gasteiger partial charge is 0.384 e. The maximum absolute atomic E-state index is 5.75. The molecule has 0 aliphatic rings. The highest BCUT2D eigenvalue weighted by Gasteiger charge is 2.07. The van der Waals surface area contributed by atoms with E-state index in [2.05, 4.69) is 45.7 Å². The summed E-state index contributed by atoms with van der Waals surface area (Å²) in [7, 11) is 0. The minimum atomic E-state index is 0.520. The zero-order valence-electron chi connectivity index (χ0n) is 11.3. The molecule has 4 heteroatoms. The number of aromatic nitrogens is 3. The van der Waals surface area contributed by atoms with Gasteiger partial charge in [0.15, 0.2) is 0 Å². The quantitative estimate of drug-likeness (QED) is 0.791. The van der Waals surface area contributed by atoms with E-state index in [0.29, 0.717) is 5.82 Å². The van der Waals surface area contributed by atoms with Gasteiger partial charge in [0.05, 0.1) is 18.2 Å². The van der Waals surface area contributed by atoms with Gasteiger partial charge in [-0.15, -0.1) is 0 Å². The highest BCUT2D eigenvalue weighted by Crippen LogP contribution is 2.21. The molecule has 0 unspecified atom stereocenters. The third-order valence-corrected chi connectivity index (χ3v) is 3.39. The molecule has 0 radical (unpaired) electrons. The lowest BCUT2D eigenvalue weighted by Crippen LogP contribution is -2.02. The van der Waals surface area contributed by atoms with Crippen molar-refractivity contribution in [1.82, 2.24) is 14.5 Å². The summed E-state index contributed by atoms with van der Waals surface area (Å²) in [5.41, 5.74) is 10.4. The molecule has 20 heavy (non-hydrogen) atoms. The number of nitrogens with two attached hydrogens (primary N) is 1. The van der Waals surface area contributed by atoms with Crippen molar-refractivity contribution in [3.8, 4) is 11.3 Å². The fourth-order valence-corrected chi connectivity index (χ4v) is 2.27. The number of anilines is 1. The van der Waals surface area contributed by atoms with Crippen molar-refractivity contribution in [2.24, 2.45) is 0 Å².